The molecule has 0 saturated heterocycles. The van der Waals surface area contributed by atoms with Crippen LogP contribution in [-0.2, 0) is 6.42 Å². The van der Waals surface area contributed by atoms with E-state index in [0.29, 0.717) is 0 Å². The molecule has 1 aromatic carbocycles. The van der Waals surface area contributed by atoms with Gasteiger partial charge in [-0.2, -0.15) is 0 Å². The Kier molecular flexibility index (Phi) is 9.98. The van der Waals surface area contributed by atoms with Gasteiger partial charge in [0, 0.05) is 0 Å². The highest BCUT2D eigenvalue weighted by atomic mass is 16.5. The summed E-state index contributed by atoms with van der Waals surface area (Å²) in [5, 5.41) is 3.48. The van der Waals surface area contributed by atoms with E-state index in [9.17, 15) is 0 Å². The average Bonchev–Trinajstić information content (AvgIpc) is 2.48. The van der Waals surface area contributed by atoms with Crippen molar-refractivity contribution in [2.75, 3.05) is 19.7 Å². The lowest BCUT2D eigenvalue weighted by atomic mass is 10.1. The summed E-state index contributed by atoms with van der Waals surface area (Å²) in [7, 11) is 0. The molecule has 1 N–H and O–H groups in total. The number of hydrogen-bond acceptors (Lipinski definition) is 2. The fourth-order valence-electron chi connectivity index (χ4n) is 2.24. The fraction of sp³-hybridized carbons (Fsp3) is 0.684. The molecule has 1 aromatic rings. The topological polar surface area (TPSA) is 21.3 Å². The van der Waals surface area contributed by atoms with Crippen LogP contribution < -0.4 is 10.1 Å². The van der Waals surface area contributed by atoms with Crippen LogP contribution in [-0.4, -0.2) is 19.7 Å². The van der Waals surface area contributed by atoms with Gasteiger partial charge in [-0.25, -0.2) is 0 Å². The molecule has 0 aliphatic heterocycles. The highest BCUT2D eigenvalue weighted by Gasteiger charge is 1.97. The van der Waals surface area contributed by atoms with Gasteiger partial charge < -0.3 is 10.1 Å². The van der Waals surface area contributed by atoms with Crippen LogP contribution in [0.4, 0.5) is 0 Å². The Balaban J connectivity index is 2.02. The Hall–Kier alpha value is -1.02. The number of ether oxygens (including phenoxy) is 1. The monoisotopic (exact) mass is 291 g/mol. The molecule has 2 heteroatoms. The van der Waals surface area contributed by atoms with Crippen molar-refractivity contribution in [1.82, 2.24) is 5.32 Å². The molecule has 0 bridgehead atoms. The van der Waals surface area contributed by atoms with E-state index in [-0.39, 0.29) is 0 Å². The van der Waals surface area contributed by atoms with Crippen molar-refractivity contribution in [3.05, 3.63) is 29.8 Å². The predicted molar refractivity (Wildman–Crippen MR) is 92.1 cm³/mol. The first-order valence-corrected chi connectivity index (χ1v) is 8.64. The summed E-state index contributed by atoms with van der Waals surface area (Å²) in [6, 6.07) is 8.60. The summed E-state index contributed by atoms with van der Waals surface area (Å²) in [4.78, 5) is 0. The van der Waals surface area contributed by atoms with Crippen molar-refractivity contribution in [2.24, 2.45) is 5.92 Å². The molecule has 0 amide bonds. The van der Waals surface area contributed by atoms with Gasteiger partial charge in [0.05, 0.1) is 6.61 Å². The Bertz CT molecular complexity index is 345. The largest absolute Gasteiger partial charge is 0.494 e. The second-order valence-electron chi connectivity index (χ2n) is 6.25. The standard InChI is InChI=1S/C19H33NO/c1-4-5-9-18-10-12-19(13-11-18)21-15-8-6-7-14-20-16-17(2)3/h10-13,17,20H,4-9,14-16H2,1-3H3. The molecule has 0 saturated carbocycles. The highest BCUT2D eigenvalue weighted by Crippen LogP contribution is 2.14. The van der Waals surface area contributed by atoms with Gasteiger partial charge in [-0.15, -0.1) is 0 Å². The second kappa shape index (κ2) is 11.6. The molecule has 0 aromatic heterocycles. The minimum absolute atomic E-state index is 0.744. The Morgan fingerprint density at radius 3 is 2.43 bits per heavy atom. The Labute approximate surface area is 131 Å². The van der Waals surface area contributed by atoms with E-state index in [4.69, 9.17) is 4.74 Å². The summed E-state index contributed by atoms with van der Waals surface area (Å²) in [6.07, 6.45) is 7.32. The van der Waals surface area contributed by atoms with Crippen molar-refractivity contribution >= 4 is 0 Å². The van der Waals surface area contributed by atoms with Crippen LogP contribution in [0.1, 0.15) is 58.4 Å². The van der Waals surface area contributed by atoms with E-state index in [2.05, 4.69) is 50.4 Å². The zero-order chi connectivity index (χ0) is 15.3. The zero-order valence-electron chi connectivity index (χ0n) is 14.2. The fourth-order valence-corrected chi connectivity index (χ4v) is 2.24. The lowest BCUT2D eigenvalue weighted by molar-refractivity contribution is 0.304. The van der Waals surface area contributed by atoms with Crippen molar-refractivity contribution in [1.29, 1.82) is 0 Å². The molecule has 0 aliphatic carbocycles. The minimum Gasteiger partial charge on any atom is -0.494 e. The lowest BCUT2D eigenvalue weighted by Crippen LogP contribution is -2.20. The number of benzene rings is 1. The van der Waals surface area contributed by atoms with E-state index < -0.39 is 0 Å². The third kappa shape index (κ3) is 9.52. The zero-order valence-corrected chi connectivity index (χ0v) is 14.2. The Morgan fingerprint density at radius 2 is 1.76 bits per heavy atom. The smallest absolute Gasteiger partial charge is 0.119 e. The van der Waals surface area contributed by atoms with Crippen LogP contribution in [0.2, 0.25) is 0 Å². The summed E-state index contributed by atoms with van der Waals surface area (Å²) in [6.45, 7) is 9.81. The maximum Gasteiger partial charge on any atom is 0.119 e. The molecule has 2 nitrogen and oxygen atoms in total. The predicted octanol–water partition coefficient (Wildman–Crippen LogP) is 4.82. The first kappa shape index (κ1) is 18.0. The van der Waals surface area contributed by atoms with Crippen molar-refractivity contribution < 1.29 is 4.74 Å². The first-order chi connectivity index (χ1) is 10.2. The second-order valence-corrected chi connectivity index (χ2v) is 6.25. The molecule has 0 aliphatic rings. The SMILES string of the molecule is CCCCc1ccc(OCCCCCNCC(C)C)cc1. The van der Waals surface area contributed by atoms with Gasteiger partial charge >= 0.3 is 0 Å². The summed E-state index contributed by atoms with van der Waals surface area (Å²) in [5.74, 6) is 1.75. The average molecular weight is 291 g/mol. The number of nitrogens with one attached hydrogen (secondary N) is 1. The van der Waals surface area contributed by atoms with Gasteiger partial charge in [-0.05, 0) is 68.8 Å². The van der Waals surface area contributed by atoms with E-state index >= 15 is 0 Å². The molecule has 0 heterocycles. The maximum atomic E-state index is 5.79. The van der Waals surface area contributed by atoms with Crippen LogP contribution in [0.15, 0.2) is 24.3 Å². The molecule has 120 valence electrons. The molecule has 0 fully saturated rings. The van der Waals surface area contributed by atoms with E-state index in [1.807, 2.05) is 0 Å². The lowest BCUT2D eigenvalue weighted by Gasteiger charge is -2.08. The summed E-state index contributed by atoms with van der Waals surface area (Å²) in [5.41, 5.74) is 1.42. The van der Waals surface area contributed by atoms with Gasteiger partial charge in [-0.1, -0.05) is 39.3 Å². The summed E-state index contributed by atoms with van der Waals surface area (Å²) >= 11 is 0. The highest BCUT2D eigenvalue weighted by molar-refractivity contribution is 5.27. The van der Waals surface area contributed by atoms with Crippen molar-refractivity contribution in [3.8, 4) is 5.75 Å². The number of hydrogen-bond donors (Lipinski definition) is 1. The number of unbranched alkanes of at least 4 members (excludes halogenated alkanes) is 3. The minimum atomic E-state index is 0.744. The van der Waals surface area contributed by atoms with Crippen LogP contribution in [0.5, 0.6) is 5.75 Å². The molecule has 0 radical (unpaired) electrons. The quantitative estimate of drug-likeness (QED) is 0.557. The maximum absolute atomic E-state index is 5.79. The third-order valence-corrected chi connectivity index (χ3v) is 3.56. The molecule has 0 spiro atoms. The normalized spacial score (nSPS) is 11.0. The molecule has 0 unspecified atom stereocenters. The molecule has 1 rings (SSSR count). The number of rotatable bonds is 12. The van der Waals surface area contributed by atoms with Crippen molar-refractivity contribution in [3.63, 3.8) is 0 Å². The van der Waals surface area contributed by atoms with E-state index in [1.54, 1.807) is 0 Å². The van der Waals surface area contributed by atoms with Crippen LogP contribution >= 0.6 is 0 Å². The van der Waals surface area contributed by atoms with Crippen LogP contribution in [0, 0.1) is 5.92 Å². The molecule has 21 heavy (non-hydrogen) atoms. The van der Waals surface area contributed by atoms with Crippen LogP contribution in [0.3, 0.4) is 0 Å². The van der Waals surface area contributed by atoms with Crippen LogP contribution in [0.25, 0.3) is 0 Å². The van der Waals surface area contributed by atoms with Gasteiger partial charge in [0.25, 0.3) is 0 Å². The third-order valence-electron chi connectivity index (χ3n) is 3.56. The van der Waals surface area contributed by atoms with Gasteiger partial charge in [0.2, 0.25) is 0 Å². The summed E-state index contributed by atoms with van der Waals surface area (Å²) < 4.78 is 5.79. The molecule has 0 atom stereocenters. The van der Waals surface area contributed by atoms with Crippen molar-refractivity contribution in [2.45, 2.75) is 59.3 Å². The Morgan fingerprint density at radius 1 is 1.00 bits per heavy atom. The van der Waals surface area contributed by atoms with Gasteiger partial charge in [0.15, 0.2) is 0 Å². The van der Waals surface area contributed by atoms with E-state index in [0.717, 1.165) is 37.8 Å². The van der Waals surface area contributed by atoms with E-state index in [1.165, 1.54) is 37.7 Å². The number of aryl methyl sites for hydroxylation is 1. The molecular formula is C19H33NO. The first-order valence-electron chi connectivity index (χ1n) is 8.64. The molecular weight excluding hydrogens is 258 g/mol. The van der Waals surface area contributed by atoms with Gasteiger partial charge in [-0.3, -0.25) is 0 Å². The van der Waals surface area contributed by atoms with Gasteiger partial charge in [0.1, 0.15) is 5.75 Å².